The third-order valence-electron chi connectivity index (χ3n) is 3.95. The predicted molar refractivity (Wildman–Crippen MR) is 102 cm³/mol. The Bertz CT molecular complexity index is 839. The van der Waals surface area contributed by atoms with Gasteiger partial charge < -0.3 is 0 Å². The first-order valence-electron chi connectivity index (χ1n) is 8.06. The third kappa shape index (κ3) is 3.78. The average Bonchev–Trinajstić information content (AvgIpc) is 2.61. The fourth-order valence-corrected chi connectivity index (χ4v) is 5.52. The maximum atomic E-state index is 5.29. The molecule has 0 spiro atoms. The normalized spacial score (nSPS) is 11.3. The Kier molecular flexibility index (Phi) is 4.90. The van der Waals surface area contributed by atoms with Gasteiger partial charge in [-0.25, -0.2) is 0 Å². The van der Waals surface area contributed by atoms with Crippen LogP contribution in [0.4, 0.5) is 0 Å². The van der Waals surface area contributed by atoms with E-state index in [2.05, 4.69) is 44.1 Å². The Balaban J connectivity index is 1.92. The van der Waals surface area contributed by atoms with Gasteiger partial charge in [0, 0.05) is 0 Å². The van der Waals surface area contributed by atoms with Crippen LogP contribution >= 0.6 is 0 Å². The fourth-order valence-electron chi connectivity index (χ4n) is 2.51. The van der Waals surface area contributed by atoms with Crippen molar-refractivity contribution in [2.75, 3.05) is 7.11 Å². The van der Waals surface area contributed by atoms with Crippen molar-refractivity contribution in [3.63, 3.8) is 0 Å². The molecule has 3 aromatic rings. The molecule has 4 heteroatoms. The van der Waals surface area contributed by atoms with Gasteiger partial charge in [0.15, 0.2) is 0 Å². The van der Waals surface area contributed by atoms with Gasteiger partial charge >= 0.3 is 148 Å². The van der Waals surface area contributed by atoms with Gasteiger partial charge in [-0.3, -0.25) is 0 Å². The van der Waals surface area contributed by atoms with E-state index in [4.69, 9.17) is 9.72 Å². The summed E-state index contributed by atoms with van der Waals surface area (Å²) < 4.78 is 6.57. The molecule has 2 aromatic heterocycles. The van der Waals surface area contributed by atoms with Gasteiger partial charge in [-0.05, 0) is 0 Å². The third-order valence-corrected chi connectivity index (χ3v) is 9.13. The van der Waals surface area contributed by atoms with Crippen LogP contribution in [-0.2, 0) is 0 Å². The number of ether oxygens (including phenoxy) is 1. The number of rotatable bonds is 4. The molecule has 0 aliphatic carbocycles. The molecule has 0 bridgehead atoms. The molecule has 24 heavy (non-hydrogen) atoms. The van der Waals surface area contributed by atoms with Crippen LogP contribution < -0.4 is 8.45 Å². The molecule has 3 nitrogen and oxygen atoms in total. The van der Waals surface area contributed by atoms with Crippen molar-refractivity contribution in [3.05, 3.63) is 60.8 Å². The SMILES string of the molecule is COc1cccc(-c2ccc(-c3ccc[c]([Sn]([CH3])([CH3])[CH3])n3)nc2)c1. The van der Waals surface area contributed by atoms with Gasteiger partial charge in [-0.1, -0.05) is 0 Å². The number of nitrogens with zero attached hydrogens (tertiary/aromatic N) is 2. The Labute approximate surface area is 147 Å². The molecule has 0 radical (unpaired) electrons. The summed E-state index contributed by atoms with van der Waals surface area (Å²) in [6, 6.07) is 18.4. The van der Waals surface area contributed by atoms with E-state index >= 15 is 0 Å². The van der Waals surface area contributed by atoms with Crippen molar-refractivity contribution in [3.8, 4) is 28.3 Å². The predicted octanol–water partition coefficient (Wildman–Crippen LogP) is 4.36. The molecule has 0 aliphatic heterocycles. The molecule has 0 aliphatic rings. The molecule has 0 N–H and O–H groups in total. The van der Waals surface area contributed by atoms with Gasteiger partial charge in [0.25, 0.3) is 0 Å². The average molecular weight is 425 g/mol. The van der Waals surface area contributed by atoms with Crippen molar-refractivity contribution >= 4 is 22.1 Å². The number of hydrogen-bond donors (Lipinski definition) is 0. The number of benzene rings is 1. The summed E-state index contributed by atoms with van der Waals surface area (Å²) >= 11 is -2.17. The molecule has 0 amide bonds. The van der Waals surface area contributed by atoms with E-state index in [9.17, 15) is 0 Å². The molecule has 122 valence electrons. The summed E-state index contributed by atoms with van der Waals surface area (Å²) in [6.45, 7) is 0. The van der Waals surface area contributed by atoms with Crippen LogP contribution in [-0.4, -0.2) is 35.5 Å². The number of pyridine rings is 2. The Hall–Kier alpha value is -1.88. The monoisotopic (exact) mass is 426 g/mol. The quantitative estimate of drug-likeness (QED) is 0.583. The molecule has 0 saturated heterocycles. The Morgan fingerprint density at radius 1 is 0.833 bits per heavy atom. The second-order valence-electron chi connectivity index (χ2n) is 6.82. The second kappa shape index (κ2) is 6.93. The van der Waals surface area contributed by atoms with E-state index in [1.165, 1.54) is 3.71 Å². The standard InChI is InChI=1S/C17H13N2O.3CH3.Sn/c1-20-15-6-4-5-13(11-15)14-8-9-17(19-12-14)16-7-2-3-10-18-16;;;;/h2-9,11-12H,1H3;3*1H3;. The van der Waals surface area contributed by atoms with Crippen LogP contribution in [0.25, 0.3) is 22.5 Å². The van der Waals surface area contributed by atoms with Crippen LogP contribution in [0.15, 0.2) is 60.8 Å². The Morgan fingerprint density at radius 2 is 1.62 bits per heavy atom. The zero-order valence-corrected chi connectivity index (χ0v) is 17.4. The van der Waals surface area contributed by atoms with Crippen molar-refractivity contribution in [2.45, 2.75) is 14.8 Å². The summed E-state index contributed by atoms with van der Waals surface area (Å²) in [5, 5.41) is 0. The summed E-state index contributed by atoms with van der Waals surface area (Å²) in [6.07, 6.45) is 1.90. The van der Waals surface area contributed by atoms with Crippen molar-refractivity contribution < 1.29 is 4.74 Å². The van der Waals surface area contributed by atoms with Gasteiger partial charge in [0.1, 0.15) is 0 Å². The topological polar surface area (TPSA) is 35.0 Å². The van der Waals surface area contributed by atoms with Crippen molar-refractivity contribution in [1.82, 2.24) is 9.97 Å². The Morgan fingerprint density at radius 3 is 2.29 bits per heavy atom. The van der Waals surface area contributed by atoms with Crippen LogP contribution in [0, 0.1) is 0 Å². The molecule has 3 rings (SSSR count). The van der Waals surface area contributed by atoms with Gasteiger partial charge in [-0.15, -0.1) is 0 Å². The second-order valence-corrected chi connectivity index (χ2v) is 21.1. The van der Waals surface area contributed by atoms with Gasteiger partial charge in [-0.2, -0.15) is 0 Å². The first-order chi connectivity index (χ1) is 11.5. The molecular formula is C20H22N2OSn. The number of aromatic nitrogens is 2. The molecular weight excluding hydrogens is 403 g/mol. The zero-order valence-electron chi connectivity index (χ0n) is 14.6. The van der Waals surface area contributed by atoms with Crippen LogP contribution in [0.1, 0.15) is 0 Å². The van der Waals surface area contributed by atoms with E-state index in [0.717, 1.165) is 28.3 Å². The van der Waals surface area contributed by atoms with Crippen LogP contribution in [0.5, 0.6) is 5.75 Å². The van der Waals surface area contributed by atoms with Crippen LogP contribution in [0.2, 0.25) is 14.8 Å². The summed E-state index contributed by atoms with van der Waals surface area (Å²) in [5.41, 5.74) is 4.04. The summed E-state index contributed by atoms with van der Waals surface area (Å²) in [5.74, 6) is 0.851. The summed E-state index contributed by atoms with van der Waals surface area (Å²) in [4.78, 5) is 16.6. The first-order valence-corrected chi connectivity index (χ1v) is 18.0. The van der Waals surface area contributed by atoms with E-state index in [1.54, 1.807) is 7.11 Å². The maximum absolute atomic E-state index is 5.29. The van der Waals surface area contributed by atoms with Gasteiger partial charge in [0.2, 0.25) is 0 Å². The van der Waals surface area contributed by atoms with E-state index in [0.29, 0.717) is 0 Å². The first kappa shape index (κ1) is 17.0. The minimum atomic E-state index is -2.17. The molecule has 0 unspecified atom stereocenters. The molecule has 1 aromatic carbocycles. The number of hydrogen-bond acceptors (Lipinski definition) is 3. The zero-order chi connectivity index (χ0) is 17.2. The molecule has 0 fully saturated rings. The number of methoxy groups -OCH3 is 1. The van der Waals surface area contributed by atoms with E-state index in [1.807, 2.05) is 36.5 Å². The fraction of sp³-hybridized carbons (Fsp3) is 0.200. The van der Waals surface area contributed by atoms with Gasteiger partial charge in [0.05, 0.1) is 0 Å². The van der Waals surface area contributed by atoms with E-state index < -0.39 is 18.4 Å². The summed E-state index contributed by atoms with van der Waals surface area (Å²) in [7, 11) is 1.68. The molecule has 0 atom stereocenters. The molecule has 2 heterocycles. The van der Waals surface area contributed by atoms with Crippen molar-refractivity contribution in [2.24, 2.45) is 0 Å². The van der Waals surface area contributed by atoms with Crippen molar-refractivity contribution in [1.29, 1.82) is 0 Å². The van der Waals surface area contributed by atoms with E-state index in [-0.39, 0.29) is 0 Å². The van der Waals surface area contributed by atoms with Crippen LogP contribution in [0.3, 0.4) is 0 Å². The molecule has 0 saturated carbocycles. The minimum absolute atomic E-state index is 0.851.